The van der Waals surface area contributed by atoms with Gasteiger partial charge in [0.2, 0.25) is 0 Å². The van der Waals surface area contributed by atoms with Gasteiger partial charge in [-0.15, -0.1) is 0 Å². The molecule has 0 amide bonds. The third-order valence-corrected chi connectivity index (χ3v) is 3.52. The molecule has 0 aromatic carbocycles. The molecule has 1 aromatic heterocycles. The predicted molar refractivity (Wildman–Crippen MR) is 57.2 cm³/mol. The molecule has 0 radical (unpaired) electrons. The molecule has 1 fully saturated rings. The van der Waals surface area contributed by atoms with E-state index in [1.807, 2.05) is 12.4 Å². The minimum absolute atomic E-state index is 0.141. The first-order chi connectivity index (χ1) is 7.27. The number of aryl methyl sites for hydroxylation is 1. The van der Waals surface area contributed by atoms with Gasteiger partial charge in [-0.05, 0) is 36.8 Å². The first kappa shape index (κ1) is 9.31. The lowest BCUT2D eigenvalue weighted by Crippen LogP contribution is -2.22. The summed E-state index contributed by atoms with van der Waals surface area (Å²) in [5.41, 5.74) is 10.2. The van der Waals surface area contributed by atoms with E-state index in [1.54, 1.807) is 0 Å². The molecule has 1 saturated carbocycles. The Morgan fingerprint density at radius 3 is 3.00 bits per heavy atom. The van der Waals surface area contributed by atoms with E-state index in [4.69, 9.17) is 10.5 Å². The summed E-state index contributed by atoms with van der Waals surface area (Å²) in [6.45, 7) is 1.48. The Labute approximate surface area is 89.6 Å². The van der Waals surface area contributed by atoms with E-state index >= 15 is 0 Å². The largest absolute Gasteiger partial charge is 0.372 e. The van der Waals surface area contributed by atoms with Crippen molar-refractivity contribution in [1.82, 2.24) is 4.98 Å². The van der Waals surface area contributed by atoms with E-state index in [0.717, 1.165) is 26.1 Å². The monoisotopic (exact) mass is 204 g/mol. The number of pyridine rings is 1. The van der Waals surface area contributed by atoms with E-state index in [1.165, 1.54) is 29.5 Å². The number of fused-ring (bicyclic) bond motifs is 1. The van der Waals surface area contributed by atoms with Crippen LogP contribution in [0.4, 0.5) is 0 Å². The molecule has 1 aliphatic heterocycles. The summed E-state index contributed by atoms with van der Waals surface area (Å²) in [4.78, 5) is 4.26. The SMILES string of the molecule is NC1(CCc2cncc3c2COC3)CC1. The molecule has 80 valence electrons. The summed E-state index contributed by atoms with van der Waals surface area (Å²) in [6, 6.07) is 0. The van der Waals surface area contributed by atoms with Gasteiger partial charge in [0.15, 0.2) is 0 Å². The summed E-state index contributed by atoms with van der Waals surface area (Å²) in [5.74, 6) is 0. The molecule has 0 unspecified atom stereocenters. The number of rotatable bonds is 3. The van der Waals surface area contributed by atoms with Crippen molar-refractivity contribution in [1.29, 1.82) is 0 Å². The van der Waals surface area contributed by atoms with Crippen LogP contribution in [0, 0.1) is 0 Å². The summed E-state index contributed by atoms with van der Waals surface area (Å²) in [6.07, 6.45) is 8.40. The zero-order valence-corrected chi connectivity index (χ0v) is 8.83. The van der Waals surface area contributed by atoms with Gasteiger partial charge in [-0.25, -0.2) is 0 Å². The zero-order valence-electron chi connectivity index (χ0n) is 8.83. The van der Waals surface area contributed by atoms with E-state index < -0.39 is 0 Å². The molecule has 1 aromatic rings. The Hall–Kier alpha value is -0.930. The summed E-state index contributed by atoms with van der Waals surface area (Å²) in [5, 5.41) is 0. The third-order valence-electron chi connectivity index (χ3n) is 3.52. The van der Waals surface area contributed by atoms with Gasteiger partial charge in [-0.3, -0.25) is 4.98 Å². The van der Waals surface area contributed by atoms with Crippen LogP contribution in [-0.2, 0) is 24.4 Å². The van der Waals surface area contributed by atoms with Gasteiger partial charge >= 0.3 is 0 Å². The van der Waals surface area contributed by atoms with E-state index in [9.17, 15) is 0 Å². The van der Waals surface area contributed by atoms with Gasteiger partial charge in [0.05, 0.1) is 13.2 Å². The molecular weight excluding hydrogens is 188 g/mol. The molecule has 0 saturated heterocycles. The fraction of sp³-hybridized carbons (Fsp3) is 0.583. The number of nitrogens with zero attached hydrogens (tertiary/aromatic N) is 1. The maximum Gasteiger partial charge on any atom is 0.0740 e. The van der Waals surface area contributed by atoms with Crippen LogP contribution in [0.2, 0.25) is 0 Å². The molecule has 3 nitrogen and oxygen atoms in total. The van der Waals surface area contributed by atoms with Crippen LogP contribution in [-0.4, -0.2) is 10.5 Å². The smallest absolute Gasteiger partial charge is 0.0740 e. The van der Waals surface area contributed by atoms with Crippen molar-refractivity contribution in [3.63, 3.8) is 0 Å². The average molecular weight is 204 g/mol. The van der Waals surface area contributed by atoms with Gasteiger partial charge < -0.3 is 10.5 Å². The third kappa shape index (κ3) is 1.77. The van der Waals surface area contributed by atoms with Crippen molar-refractivity contribution in [3.05, 3.63) is 29.1 Å². The van der Waals surface area contributed by atoms with Crippen LogP contribution in [0.3, 0.4) is 0 Å². The molecular formula is C12H16N2O. The van der Waals surface area contributed by atoms with Crippen LogP contribution in [0.15, 0.2) is 12.4 Å². The van der Waals surface area contributed by atoms with Crippen LogP contribution in [0.25, 0.3) is 0 Å². The van der Waals surface area contributed by atoms with Crippen molar-refractivity contribution in [3.8, 4) is 0 Å². The van der Waals surface area contributed by atoms with Gasteiger partial charge in [-0.2, -0.15) is 0 Å². The van der Waals surface area contributed by atoms with Crippen molar-refractivity contribution in [2.24, 2.45) is 5.73 Å². The van der Waals surface area contributed by atoms with E-state index in [2.05, 4.69) is 4.98 Å². The maximum absolute atomic E-state index is 6.09. The minimum Gasteiger partial charge on any atom is -0.372 e. The first-order valence-electron chi connectivity index (χ1n) is 5.58. The van der Waals surface area contributed by atoms with E-state index in [-0.39, 0.29) is 5.54 Å². The predicted octanol–water partition coefficient (Wildman–Crippen LogP) is 1.54. The Morgan fingerprint density at radius 2 is 2.20 bits per heavy atom. The average Bonchev–Trinajstić information content (AvgIpc) is 2.80. The zero-order chi connectivity index (χ0) is 10.3. The van der Waals surface area contributed by atoms with Crippen LogP contribution < -0.4 is 5.73 Å². The standard InChI is InChI=1S/C12H16N2O/c13-12(3-4-12)2-1-9-5-14-6-10-7-15-8-11(9)10/h5-6H,1-4,7-8,13H2. The second-order valence-electron chi connectivity index (χ2n) is 4.79. The Kier molecular flexibility index (Phi) is 2.04. The highest BCUT2D eigenvalue weighted by molar-refractivity contribution is 5.33. The molecule has 1 aliphatic carbocycles. The lowest BCUT2D eigenvalue weighted by atomic mass is 10.00. The lowest BCUT2D eigenvalue weighted by Gasteiger charge is -2.10. The second kappa shape index (κ2) is 3.29. The molecule has 2 N–H and O–H groups in total. The Morgan fingerprint density at radius 1 is 1.33 bits per heavy atom. The van der Waals surface area contributed by atoms with Crippen LogP contribution in [0.1, 0.15) is 36.0 Å². The first-order valence-corrected chi connectivity index (χ1v) is 5.58. The van der Waals surface area contributed by atoms with Crippen molar-refractivity contribution >= 4 is 0 Å². The van der Waals surface area contributed by atoms with Gasteiger partial charge in [-0.1, -0.05) is 0 Å². The van der Waals surface area contributed by atoms with Crippen molar-refractivity contribution in [2.75, 3.05) is 0 Å². The minimum atomic E-state index is 0.141. The number of hydrogen-bond acceptors (Lipinski definition) is 3. The molecule has 0 bridgehead atoms. The highest BCUT2D eigenvalue weighted by Gasteiger charge is 2.37. The topological polar surface area (TPSA) is 48.1 Å². The quantitative estimate of drug-likeness (QED) is 0.812. The molecule has 2 aliphatic rings. The fourth-order valence-electron chi connectivity index (χ4n) is 2.16. The Balaban J connectivity index is 1.77. The van der Waals surface area contributed by atoms with Gasteiger partial charge in [0, 0.05) is 23.5 Å². The molecule has 3 heteroatoms. The highest BCUT2D eigenvalue weighted by Crippen LogP contribution is 2.37. The molecule has 3 rings (SSSR count). The summed E-state index contributed by atoms with van der Waals surface area (Å²) >= 11 is 0. The van der Waals surface area contributed by atoms with Gasteiger partial charge in [0.25, 0.3) is 0 Å². The molecule has 0 atom stereocenters. The van der Waals surface area contributed by atoms with E-state index in [0.29, 0.717) is 0 Å². The Bertz CT molecular complexity index is 385. The normalized spacial score (nSPS) is 21.4. The lowest BCUT2D eigenvalue weighted by molar-refractivity contribution is 0.134. The maximum atomic E-state index is 6.09. The molecule has 0 spiro atoms. The van der Waals surface area contributed by atoms with Crippen molar-refractivity contribution < 1.29 is 4.74 Å². The number of hydrogen-bond donors (Lipinski definition) is 1. The number of ether oxygens (including phenoxy) is 1. The van der Waals surface area contributed by atoms with Crippen molar-refractivity contribution in [2.45, 2.75) is 44.4 Å². The molecule has 15 heavy (non-hydrogen) atoms. The molecule has 2 heterocycles. The summed E-state index contributed by atoms with van der Waals surface area (Å²) in [7, 11) is 0. The fourth-order valence-corrected chi connectivity index (χ4v) is 2.16. The number of aromatic nitrogens is 1. The second-order valence-corrected chi connectivity index (χ2v) is 4.79. The van der Waals surface area contributed by atoms with Crippen LogP contribution in [0.5, 0.6) is 0 Å². The number of nitrogens with two attached hydrogens (primary N) is 1. The van der Waals surface area contributed by atoms with Gasteiger partial charge in [0.1, 0.15) is 0 Å². The highest BCUT2D eigenvalue weighted by atomic mass is 16.5. The summed E-state index contributed by atoms with van der Waals surface area (Å²) < 4.78 is 5.43. The van der Waals surface area contributed by atoms with Crippen LogP contribution >= 0.6 is 0 Å².